The minimum atomic E-state index is -4.19. The number of carbonyl (C=O) groups is 2. The summed E-state index contributed by atoms with van der Waals surface area (Å²) in [7, 11) is -4.19. The molecule has 7 nitrogen and oxygen atoms in total. The van der Waals surface area contributed by atoms with Gasteiger partial charge in [0.05, 0.1) is 10.6 Å². The van der Waals surface area contributed by atoms with Gasteiger partial charge in [0.15, 0.2) is 0 Å². The van der Waals surface area contributed by atoms with Crippen LogP contribution in [0.5, 0.6) is 0 Å². The molecular formula is C37H40ClN3O4S. The Hall–Kier alpha value is -4.14. The first-order valence-corrected chi connectivity index (χ1v) is 17.5. The lowest BCUT2D eigenvalue weighted by Gasteiger charge is -2.34. The number of halogens is 1. The molecule has 0 bridgehead atoms. The summed E-state index contributed by atoms with van der Waals surface area (Å²) in [6, 6.07) is 29.5. The van der Waals surface area contributed by atoms with Gasteiger partial charge in [-0.3, -0.25) is 13.9 Å². The van der Waals surface area contributed by atoms with Gasteiger partial charge in [-0.2, -0.15) is 0 Å². The van der Waals surface area contributed by atoms with Gasteiger partial charge in [-0.25, -0.2) is 8.42 Å². The summed E-state index contributed by atoms with van der Waals surface area (Å²) in [5.74, 6) is -0.717. The number of rotatable bonds is 12. The molecule has 4 aromatic carbocycles. The van der Waals surface area contributed by atoms with Gasteiger partial charge in [0.2, 0.25) is 11.8 Å². The maximum absolute atomic E-state index is 14.7. The van der Waals surface area contributed by atoms with Crippen molar-refractivity contribution < 1.29 is 18.0 Å². The van der Waals surface area contributed by atoms with Crippen molar-refractivity contribution in [1.29, 1.82) is 0 Å². The third-order valence-corrected chi connectivity index (χ3v) is 10.6. The molecule has 0 aromatic heterocycles. The molecule has 0 heterocycles. The molecule has 0 spiro atoms. The quantitative estimate of drug-likeness (QED) is 0.181. The van der Waals surface area contributed by atoms with Crippen LogP contribution in [0.25, 0.3) is 0 Å². The van der Waals surface area contributed by atoms with Crippen molar-refractivity contribution in [1.82, 2.24) is 10.2 Å². The average molecular weight is 658 g/mol. The Morgan fingerprint density at radius 2 is 1.54 bits per heavy atom. The molecule has 46 heavy (non-hydrogen) atoms. The fourth-order valence-corrected chi connectivity index (χ4v) is 7.47. The second-order valence-electron chi connectivity index (χ2n) is 11.9. The Morgan fingerprint density at radius 1 is 0.870 bits per heavy atom. The highest BCUT2D eigenvalue weighted by Crippen LogP contribution is 2.27. The summed E-state index contributed by atoms with van der Waals surface area (Å²) in [6.07, 6.45) is 4.18. The van der Waals surface area contributed by atoms with E-state index in [1.807, 2.05) is 74.5 Å². The summed E-state index contributed by atoms with van der Waals surface area (Å²) >= 11 is 6.08. The molecule has 1 fully saturated rings. The Kier molecular flexibility index (Phi) is 10.8. The number of nitrogens with zero attached hydrogens (tertiary/aromatic N) is 2. The summed E-state index contributed by atoms with van der Waals surface area (Å²) < 4.78 is 29.5. The van der Waals surface area contributed by atoms with Crippen LogP contribution < -0.4 is 9.62 Å². The molecule has 1 unspecified atom stereocenters. The zero-order chi connectivity index (χ0) is 32.7. The molecule has 1 aliphatic carbocycles. The standard InChI is InChI=1S/C37H40ClN3O4S/c1-27-11-10-18-33(23-27)41(46(44,45)34-21-19-31(38)20-22-34)26-36(42)40(25-30-15-7-6-12-28(30)2)35(24-29-13-4-3-5-14-29)37(43)39-32-16-8-9-17-32/h3-7,10-15,18-23,32,35H,8-9,16-17,24-26H2,1-2H3,(H,39,43). The van der Waals surface area contributed by atoms with Gasteiger partial charge in [-0.1, -0.05) is 91.2 Å². The smallest absolute Gasteiger partial charge is 0.264 e. The van der Waals surface area contributed by atoms with Gasteiger partial charge in [0.25, 0.3) is 10.0 Å². The molecule has 1 atom stereocenters. The Labute approximate surface area is 277 Å². The van der Waals surface area contributed by atoms with E-state index >= 15 is 0 Å². The van der Waals surface area contributed by atoms with Crippen LogP contribution in [0.1, 0.15) is 47.9 Å². The first-order chi connectivity index (χ1) is 22.1. The molecule has 0 radical (unpaired) electrons. The predicted molar refractivity (Wildman–Crippen MR) is 183 cm³/mol. The van der Waals surface area contributed by atoms with Crippen LogP contribution in [0.3, 0.4) is 0 Å². The number of hydrogen-bond acceptors (Lipinski definition) is 4. The second-order valence-corrected chi connectivity index (χ2v) is 14.2. The number of benzene rings is 4. The molecule has 1 saturated carbocycles. The molecule has 4 aromatic rings. The number of carbonyl (C=O) groups excluding carboxylic acids is 2. The predicted octanol–water partition coefficient (Wildman–Crippen LogP) is 6.85. The first-order valence-electron chi connectivity index (χ1n) is 15.6. The zero-order valence-electron chi connectivity index (χ0n) is 26.2. The molecule has 0 aliphatic heterocycles. The normalized spacial score (nSPS) is 14.1. The van der Waals surface area contributed by atoms with Crippen LogP contribution in [0.2, 0.25) is 5.02 Å². The third kappa shape index (κ3) is 8.17. The third-order valence-electron chi connectivity index (χ3n) is 8.54. The number of amides is 2. The van der Waals surface area contributed by atoms with E-state index in [2.05, 4.69) is 5.32 Å². The van der Waals surface area contributed by atoms with Crippen molar-refractivity contribution >= 4 is 39.1 Å². The second kappa shape index (κ2) is 15.0. The van der Waals surface area contributed by atoms with Crippen LogP contribution in [0.15, 0.2) is 108 Å². The van der Waals surface area contributed by atoms with Gasteiger partial charge in [0, 0.05) is 24.0 Å². The van der Waals surface area contributed by atoms with E-state index in [0.717, 1.165) is 52.2 Å². The van der Waals surface area contributed by atoms with Crippen molar-refractivity contribution in [3.05, 3.63) is 130 Å². The number of anilines is 1. The Balaban J connectivity index is 1.57. The van der Waals surface area contributed by atoms with Crippen LogP contribution in [0, 0.1) is 13.8 Å². The summed E-state index contributed by atoms with van der Waals surface area (Å²) in [6.45, 7) is 3.48. The van der Waals surface area contributed by atoms with Gasteiger partial charge in [-0.15, -0.1) is 0 Å². The lowest BCUT2D eigenvalue weighted by Crippen LogP contribution is -2.54. The lowest BCUT2D eigenvalue weighted by atomic mass is 10.0. The van der Waals surface area contributed by atoms with Crippen LogP contribution in [0.4, 0.5) is 5.69 Å². The summed E-state index contributed by atoms with van der Waals surface area (Å²) in [5, 5.41) is 3.61. The van der Waals surface area contributed by atoms with Gasteiger partial charge >= 0.3 is 0 Å². The Bertz CT molecular complexity index is 1760. The van der Waals surface area contributed by atoms with Crippen molar-refractivity contribution in [3.63, 3.8) is 0 Å². The number of sulfonamides is 1. The Morgan fingerprint density at radius 3 is 2.22 bits per heavy atom. The number of nitrogens with one attached hydrogen (secondary N) is 1. The summed E-state index contributed by atoms with van der Waals surface area (Å²) in [5.41, 5.74) is 3.95. The minimum absolute atomic E-state index is 0.0106. The SMILES string of the molecule is Cc1cccc(N(CC(=O)N(Cc2ccccc2C)C(Cc2ccccc2)C(=O)NC2CCCC2)S(=O)(=O)c2ccc(Cl)cc2)c1. The van der Waals surface area contributed by atoms with Crippen LogP contribution in [-0.4, -0.2) is 43.8 Å². The van der Waals surface area contributed by atoms with Gasteiger partial charge < -0.3 is 10.2 Å². The van der Waals surface area contributed by atoms with E-state index in [0.29, 0.717) is 10.7 Å². The highest BCUT2D eigenvalue weighted by Gasteiger charge is 2.35. The summed E-state index contributed by atoms with van der Waals surface area (Å²) in [4.78, 5) is 30.3. The van der Waals surface area contributed by atoms with Crippen molar-refractivity contribution in [2.45, 2.75) is 69.5 Å². The average Bonchev–Trinajstić information content (AvgIpc) is 3.56. The van der Waals surface area contributed by atoms with E-state index in [4.69, 9.17) is 11.6 Å². The molecular weight excluding hydrogens is 618 g/mol. The largest absolute Gasteiger partial charge is 0.352 e. The van der Waals surface area contributed by atoms with Gasteiger partial charge in [-0.05, 0) is 85.3 Å². The molecule has 1 N–H and O–H groups in total. The molecule has 240 valence electrons. The maximum atomic E-state index is 14.7. The zero-order valence-corrected chi connectivity index (χ0v) is 27.8. The van der Waals surface area contributed by atoms with E-state index in [-0.39, 0.29) is 29.8 Å². The van der Waals surface area contributed by atoms with Crippen LogP contribution in [-0.2, 0) is 32.6 Å². The van der Waals surface area contributed by atoms with Crippen molar-refractivity contribution in [2.75, 3.05) is 10.8 Å². The van der Waals surface area contributed by atoms with Gasteiger partial charge in [0.1, 0.15) is 12.6 Å². The number of aryl methyl sites for hydroxylation is 2. The lowest BCUT2D eigenvalue weighted by molar-refractivity contribution is -0.140. The molecule has 2 amide bonds. The highest BCUT2D eigenvalue weighted by molar-refractivity contribution is 7.92. The van der Waals surface area contributed by atoms with Crippen LogP contribution >= 0.6 is 11.6 Å². The van der Waals surface area contributed by atoms with Crippen molar-refractivity contribution in [2.24, 2.45) is 0 Å². The molecule has 0 saturated heterocycles. The fourth-order valence-electron chi connectivity index (χ4n) is 5.94. The highest BCUT2D eigenvalue weighted by atomic mass is 35.5. The molecule has 5 rings (SSSR count). The monoisotopic (exact) mass is 657 g/mol. The van der Waals surface area contributed by atoms with E-state index in [9.17, 15) is 18.0 Å². The first kappa shape index (κ1) is 33.2. The minimum Gasteiger partial charge on any atom is -0.352 e. The van der Waals surface area contributed by atoms with E-state index < -0.39 is 28.5 Å². The van der Waals surface area contributed by atoms with Crippen molar-refractivity contribution in [3.8, 4) is 0 Å². The van der Waals surface area contributed by atoms with E-state index in [1.54, 1.807) is 23.1 Å². The topological polar surface area (TPSA) is 86.8 Å². The van der Waals surface area contributed by atoms with E-state index in [1.165, 1.54) is 24.3 Å². The maximum Gasteiger partial charge on any atom is 0.264 e. The molecule has 9 heteroatoms. The fraction of sp³-hybridized carbons (Fsp3) is 0.297. The molecule has 1 aliphatic rings. The number of hydrogen-bond donors (Lipinski definition) is 1.